The minimum absolute atomic E-state index is 0.154. The van der Waals surface area contributed by atoms with Crippen molar-refractivity contribution < 1.29 is 5.11 Å². The normalized spacial score (nSPS) is 23.4. The lowest BCUT2D eigenvalue weighted by Gasteiger charge is -2.33. The second-order valence-corrected chi connectivity index (χ2v) is 4.59. The molecule has 1 aliphatic carbocycles. The maximum atomic E-state index is 9.26. The first-order valence-corrected chi connectivity index (χ1v) is 5.81. The average Bonchev–Trinajstić information content (AvgIpc) is 2.31. The number of anilines is 2. The van der Waals surface area contributed by atoms with E-state index in [1.165, 1.54) is 0 Å². The third-order valence-electron chi connectivity index (χ3n) is 3.33. The fraction of sp³-hybridized carbons (Fsp3) is 0.308. The number of nitrogens with two attached hydrogens (primary N) is 1. The zero-order chi connectivity index (χ0) is 11.8. The molecule has 0 amide bonds. The molecule has 1 heterocycles. The van der Waals surface area contributed by atoms with Crippen LogP contribution in [0.15, 0.2) is 30.6 Å². The van der Waals surface area contributed by atoms with Gasteiger partial charge in [-0.2, -0.15) is 0 Å². The van der Waals surface area contributed by atoms with Crippen molar-refractivity contribution in [3.8, 4) is 0 Å². The molecule has 1 saturated carbocycles. The molecule has 2 aromatic rings. The van der Waals surface area contributed by atoms with Crippen LogP contribution in [-0.2, 0) is 0 Å². The molecule has 4 nitrogen and oxygen atoms in total. The molecule has 0 atom stereocenters. The van der Waals surface area contributed by atoms with Gasteiger partial charge in [0.2, 0.25) is 0 Å². The Kier molecular flexibility index (Phi) is 2.37. The van der Waals surface area contributed by atoms with Gasteiger partial charge < -0.3 is 16.2 Å². The van der Waals surface area contributed by atoms with Gasteiger partial charge in [0.1, 0.15) is 0 Å². The fourth-order valence-electron chi connectivity index (χ4n) is 2.24. The molecule has 0 bridgehead atoms. The minimum Gasteiger partial charge on any atom is -0.397 e. The Hall–Kier alpha value is -1.81. The summed E-state index contributed by atoms with van der Waals surface area (Å²) in [6.07, 6.45) is 5.00. The van der Waals surface area contributed by atoms with Crippen LogP contribution in [-0.4, -0.2) is 22.2 Å². The molecular formula is C13H15N3O. The zero-order valence-electron chi connectivity index (χ0n) is 9.43. The van der Waals surface area contributed by atoms with Gasteiger partial charge in [0, 0.05) is 29.2 Å². The van der Waals surface area contributed by atoms with Crippen LogP contribution < -0.4 is 11.1 Å². The Labute approximate surface area is 99.5 Å². The van der Waals surface area contributed by atoms with Crippen LogP contribution in [0.3, 0.4) is 0 Å². The third-order valence-corrected chi connectivity index (χ3v) is 3.33. The molecule has 1 aromatic carbocycles. The smallest absolute Gasteiger partial charge is 0.0630 e. The van der Waals surface area contributed by atoms with Crippen LogP contribution >= 0.6 is 0 Å². The van der Waals surface area contributed by atoms with Gasteiger partial charge in [0.15, 0.2) is 0 Å². The lowest BCUT2D eigenvalue weighted by molar-refractivity contribution is 0.0837. The molecule has 0 radical (unpaired) electrons. The predicted molar refractivity (Wildman–Crippen MR) is 68.8 cm³/mol. The summed E-state index contributed by atoms with van der Waals surface area (Å²) in [7, 11) is 0. The van der Waals surface area contributed by atoms with E-state index in [9.17, 15) is 5.11 Å². The summed E-state index contributed by atoms with van der Waals surface area (Å²) in [6.45, 7) is 0. The largest absolute Gasteiger partial charge is 0.397 e. The number of nitrogens with one attached hydrogen (secondary N) is 1. The van der Waals surface area contributed by atoms with Gasteiger partial charge in [0.25, 0.3) is 0 Å². The summed E-state index contributed by atoms with van der Waals surface area (Å²) in [4.78, 5) is 4.07. The number of aromatic nitrogens is 1. The second-order valence-electron chi connectivity index (χ2n) is 4.59. The number of nitrogen functional groups attached to an aromatic ring is 1. The monoisotopic (exact) mass is 229 g/mol. The number of aliphatic hydroxyl groups excluding tert-OH is 1. The number of hydrogen-bond acceptors (Lipinski definition) is 4. The van der Waals surface area contributed by atoms with Crippen molar-refractivity contribution in [3.63, 3.8) is 0 Å². The molecule has 0 spiro atoms. The number of benzene rings is 1. The summed E-state index contributed by atoms with van der Waals surface area (Å²) in [5, 5.41) is 14.7. The molecule has 0 saturated heterocycles. The van der Waals surface area contributed by atoms with E-state index in [1.807, 2.05) is 24.4 Å². The van der Waals surface area contributed by atoms with Crippen LogP contribution in [0.25, 0.3) is 10.8 Å². The minimum atomic E-state index is -0.154. The molecule has 3 rings (SSSR count). The van der Waals surface area contributed by atoms with Crippen molar-refractivity contribution in [1.82, 2.24) is 4.98 Å². The van der Waals surface area contributed by atoms with E-state index in [0.717, 1.165) is 35.0 Å². The Morgan fingerprint density at radius 1 is 1.29 bits per heavy atom. The first kappa shape index (κ1) is 10.4. The van der Waals surface area contributed by atoms with Gasteiger partial charge >= 0.3 is 0 Å². The molecule has 1 aromatic heterocycles. The second kappa shape index (κ2) is 3.89. The highest BCUT2D eigenvalue weighted by Crippen LogP contribution is 2.31. The Bertz CT molecular complexity index is 549. The van der Waals surface area contributed by atoms with Crippen LogP contribution in [0.5, 0.6) is 0 Å². The van der Waals surface area contributed by atoms with E-state index in [2.05, 4.69) is 10.3 Å². The van der Waals surface area contributed by atoms with E-state index in [0.29, 0.717) is 6.04 Å². The van der Waals surface area contributed by atoms with Gasteiger partial charge in [0.05, 0.1) is 17.5 Å². The first-order valence-electron chi connectivity index (χ1n) is 5.81. The lowest BCUT2D eigenvalue weighted by Crippen LogP contribution is -2.39. The van der Waals surface area contributed by atoms with Gasteiger partial charge in [-0.15, -0.1) is 0 Å². The SMILES string of the molecule is Nc1c(NC2CC(O)C2)ccc2cnccc12. The quantitative estimate of drug-likeness (QED) is 0.686. The zero-order valence-corrected chi connectivity index (χ0v) is 9.43. The number of nitrogens with zero attached hydrogens (tertiary/aromatic N) is 1. The highest BCUT2D eigenvalue weighted by molar-refractivity contribution is 5.98. The highest BCUT2D eigenvalue weighted by atomic mass is 16.3. The molecule has 0 unspecified atom stereocenters. The molecule has 0 aliphatic heterocycles. The van der Waals surface area contributed by atoms with Crippen LogP contribution in [0.4, 0.5) is 11.4 Å². The molecule has 1 aliphatic rings. The van der Waals surface area contributed by atoms with Gasteiger partial charge in [-0.25, -0.2) is 0 Å². The average molecular weight is 229 g/mol. The highest BCUT2D eigenvalue weighted by Gasteiger charge is 2.27. The number of rotatable bonds is 2. The Morgan fingerprint density at radius 3 is 2.88 bits per heavy atom. The summed E-state index contributed by atoms with van der Waals surface area (Å²) >= 11 is 0. The summed E-state index contributed by atoms with van der Waals surface area (Å²) in [6, 6.07) is 6.25. The third kappa shape index (κ3) is 1.80. The number of fused-ring (bicyclic) bond motifs is 1. The molecule has 17 heavy (non-hydrogen) atoms. The first-order chi connectivity index (χ1) is 8.24. The Balaban J connectivity index is 1.92. The van der Waals surface area contributed by atoms with E-state index < -0.39 is 0 Å². The van der Waals surface area contributed by atoms with Crippen molar-refractivity contribution in [1.29, 1.82) is 0 Å². The van der Waals surface area contributed by atoms with Gasteiger partial charge in [-0.1, -0.05) is 6.07 Å². The Morgan fingerprint density at radius 2 is 2.12 bits per heavy atom. The van der Waals surface area contributed by atoms with Crippen molar-refractivity contribution in [2.24, 2.45) is 0 Å². The standard InChI is InChI=1S/C13H15N3O/c14-13-11-3-4-15-7-8(11)1-2-12(13)16-9-5-10(17)6-9/h1-4,7,9-10,16-17H,5-6,14H2. The van der Waals surface area contributed by atoms with E-state index in [-0.39, 0.29) is 6.10 Å². The summed E-state index contributed by atoms with van der Waals surface area (Å²) in [5.41, 5.74) is 7.83. The van der Waals surface area contributed by atoms with Gasteiger partial charge in [-0.3, -0.25) is 4.98 Å². The molecular weight excluding hydrogens is 214 g/mol. The summed E-state index contributed by atoms with van der Waals surface area (Å²) in [5.74, 6) is 0. The van der Waals surface area contributed by atoms with Crippen molar-refractivity contribution in [2.75, 3.05) is 11.1 Å². The van der Waals surface area contributed by atoms with Crippen LogP contribution in [0.1, 0.15) is 12.8 Å². The number of hydrogen-bond donors (Lipinski definition) is 3. The molecule has 4 heteroatoms. The van der Waals surface area contributed by atoms with E-state index in [4.69, 9.17) is 5.73 Å². The van der Waals surface area contributed by atoms with Crippen molar-refractivity contribution >= 4 is 22.1 Å². The lowest BCUT2D eigenvalue weighted by atomic mass is 9.89. The summed E-state index contributed by atoms with van der Waals surface area (Å²) < 4.78 is 0. The maximum Gasteiger partial charge on any atom is 0.0630 e. The predicted octanol–water partition coefficient (Wildman–Crippen LogP) is 1.75. The number of aliphatic hydroxyl groups is 1. The van der Waals surface area contributed by atoms with Crippen molar-refractivity contribution in [3.05, 3.63) is 30.6 Å². The molecule has 88 valence electrons. The van der Waals surface area contributed by atoms with Crippen molar-refractivity contribution in [2.45, 2.75) is 25.0 Å². The van der Waals surface area contributed by atoms with Gasteiger partial charge in [-0.05, 0) is 25.0 Å². The van der Waals surface area contributed by atoms with Crippen LogP contribution in [0, 0.1) is 0 Å². The molecule has 4 N–H and O–H groups in total. The van der Waals surface area contributed by atoms with E-state index >= 15 is 0 Å². The van der Waals surface area contributed by atoms with Crippen LogP contribution in [0.2, 0.25) is 0 Å². The fourth-order valence-corrected chi connectivity index (χ4v) is 2.24. The van der Waals surface area contributed by atoms with E-state index in [1.54, 1.807) is 6.20 Å². The molecule has 1 fully saturated rings. The topological polar surface area (TPSA) is 71.2 Å². The number of pyridine rings is 1. The maximum absolute atomic E-state index is 9.26.